The van der Waals surface area contributed by atoms with Crippen LogP contribution in [-0.2, 0) is 4.74 Å². The summed E-state index contributed by atoms with van der Waals surface area (Å²) in [7, 11) is 0. The minimum absolute atomic E-state index is 0.188. The lowest BCUT2D eigenvalue weighted by atomic mass is 9.76. The Bertz CT molecular complexity index is 158. The van der Waals surface area contributed by atoms with E-state index in [2.05, 4.69) is 27.4 Å². The highest BCUT2D eigenvalue weighted by Gasteiger charge is 2.34. The molecule has 1 atom stereocenters. The molecule has 11 heavy (non-hydrogen) atoms. The molecule has 0 aromatic carbocycles. The van der Waals surface area contributed by atoms with Crippen molar-refractivity contribution in [1.82, 2.24) is 0 Å². The van der Waals surface area contributed by atoms with E-state index in [0.29, 0.717) is 6.10 Å². The van der Waals surface area contributed by atoms with Gasteiger partial charge < -0.3 is 4.74 Å². The van der Waals surface area contributed by atoms with Gasteiger partial charge in [0.05, 0.1) is 12.7 Å². The third kappa shape index (κ3) is 1.48. The maximum atomic E-state index is 5.65. The Morgan fingerprint density at radius 3 is 2.73 bits per heavy atom. The first-order valence-corrected chi connectivity index (χ1v) is 4.39. The molecule has 0 saturated carbocycles. The van der Waals surface area contributed by atoms with Gasteiger partial charge in [-0.1, -0.05) is 32.9 Å². The molecule has 0 radical (unpaired) electrons. The predicted molar refractivity (Wildman–Crippen MR) is 47.6 cm³/mol. The Labute approximate surface area is 69.4 Å². The van der Waals surface area contributed by atoms with Gasteiger partial charge >= 0.3 is 0 Å². The van der Waals surface area contributed by atoms with E-state index in [4.69, 9.17) is 4.74 Å². The van der Waals surface area contributed by atoms with E-state index in [1.54, 1.807) is 0 Å². The average Bonchev–Trinajstić information content (AvgIpc) is 1.95. The minimum Gasteiger partial charge on any atom is -0.377 e. The van der Waals surface area contributed by atoms with E-state index >= 15 is 0 Å². The van der Waals surface area contributed by atoms with Crippen molar-refractivity contribution in [3.63, 3.8) is 0 Å². The third-order valence-corrected chi connectivity index (χ3v) is 2.81. The molecule has 0 aliphatic carbocycles. The monoisotopic (exact) mass is 154 g/mol. The van der Waals surface area contributed by atoms with E-state index in [0.717, 1.165) is 19.4 Å². The molecule has 0 bridgehead atoms. The van der Waals surface area contributed by atoms with Crippen LogP contribution < -0.4 is 0 Å². The van der Waals surface area contributed by atoms with Crippen LogP contribution in [0.4, 0.5) is 0 Å². The predicted octanol–water partition coefficient (Wildman–Crippen LogP) is 2.77. The molecule has 1 heterocycles. The molecule has 1 rings (SSSR count). The molecule has 1 unspecified atom stereocenters. The summed E-state index contributed by atoms with van der Waals surface area (Å²) in [5.74, 6) is 0. The molecular formula is C10H18O. The summed E-state index contributed by atoms with van der Waals surface area (Å²) in [6.07, 6.45) is 2.50. The average molecular weight is 154 g/mol. The molecule has 1 saturated heterocycles. The van der Waals surface area contributed by atoms with Gasteiger partial charge in [-0.05, 0) is 12.8 Å². The van der Waals surface area contributed by atoms with Gasteiger partial charge in [0.25, 0.3) is 0 Å². The lowest BCUT2D eigenvalue weighted by Crippen LogP contribution is -2.37. The molecule has 1 nitrogen and oxygen atoms in total. The van der Waals surface area contributed by atoms with Crippen LogP contribution in [0.25, 0.3) is 0 Å². The molecule has 0 N–H and O–H groups in total. The smallest absolute Gasteiger partial charge is 0.0660 e. The standard InChI is InChI=1S/C10H18O/c1-5-9-10(3,4)8(2)6-7-11-9/h9H,2,5-7H2,1,3-4H3. The summed E-state index contributed by atoms with van der Waals surface area (Å²) >= 11 is 0. The van der Waals surface area contributed by atoms with Crippen molar-refractivity contribution in [1.29, 1.82) is 0 Å². The van der Waals surface area contributed by atoms with Crippen molar-refractivity contribution in [3.05, 3.63) is 12.2 Å². The Kier molecular flexibility index (Phi) is 2.38. The lowest BCUT2D eigenvalue weighted by Gasteiger charge is -2.39. The minimum atomic E-state index is 0.188. The largest absolute Gasteiger partial charge is 0.377 e. The molecule has 0 spiro atoms. The Morgan fingerprint density at radius 1 is 1.64 bits per heavy atom. The van der Waals surface area contributed by atoms with E-state index < -0.39 is 0 Å². The van der Waals surface area contributed by atoms with Crippen LogP contribution in [-0.4, -0.2) is 12.7 Å². The van der Waals surface area contributed by atoms with Gasteiger partial charge in [0.2, 0.25) is 0 Å². The molecule has 0 amide bonds. The van der Waals surface area contributed by atoms with Crippen LogP contribution in [0.2, 0.25) is 0 Å². The van der Waals surface area contributed by atoms with Crippen molar-refractivity contribution in [2.45, 2.75) is 39.7 Å². The zero-order valence-electron chi connectivity index (χ0n) is 7.81. The zero-order valence-corrected chi connectivity index (χ0v) is 7.81. The van der Waals surface area contributed by atoms with Crippen LogP contribution in [0.1, 0.15) is 33.6 Å². The van der Waals surface area contributed by atoms with Crippen LogP contribution in [0.15, 0.2) is 12.2 Å². The third-order valence-electron chi connectivity index (χ3n) is 2.81. The van der Waals surface area contributed by atoms with Gasteiger partial charge in [-0.2, -0.15) is 0 Å². The maximum Gasteiger partial charge on any atom is 0.0660 e. The molecule has 64 valence electrons. The van der Waals surface area contributed by atoms with Gasteiger partial charge in [0, 0.05) is 5.41 Å². The second kappa shape index (κ2) is 2.98. The topological polar surface area (TPSA) is 9.23 Å². The molecule has 1 fully saturated rings. The summed E-state index contributed by atoms with van der Waals surface area (Å²) in [4.78, 5) is 0. The van der Waals surface area contributed by atoms with Crippen molar-refractivity contribution in [2.24, 2.45) is 5.41 Å². The van der Waals surface area contributed by atoms with Gasteiger partial charge in [0.15, 0.2) is 0 Å². The highest BCUT2D eigenvalue weighted by atomic mass is 16.5. The number of hydrogen-bond donors (Lipinski definition) is 0. The number of ether oxygens (including phenoxy) is 1. The molecule has 0 aromatic heterocycles. The van der Waals surface area contributed by atoms with Crippen LogP contribution in [0, 0.1) is 5.41 Å². The van der Waals surface area contributed by atoms with Crippen molar-refractivity contribution < 1.29 is 4.74 Å². The normalized spacial score (nSPS) is 30.5. The van der Waals surface area contributed by atoms with Crippen molar-refractivity contribution >= 4 is 0 Å². The molecule has 1 aliphatic rings. The fourth-order valence-corrected chi connectivity index (χ4v) is 1.71. The van der Waals surface area contributed by atoms with Gasteiger partial charge in [-0.3, -0.25) is 0 Å². The quantitative estimate of drug-likeness (QED) is 0.528. The molecule has 1 heteroatoms. The summed E-state index contributed by atoms with van der Waals surface area (Å²) in [5.41, 5.74) is 1.53. The second-order valence-electron chi connectivity index (χ2n) is 3.84. The van der Waals surface area contributed by atoms with Crippen LogP contribution >= 0.6 is 0 Å². The summed E-state index contributed by atoms with van der Waals surface area (Å²) in [6, 6.07) is 0. The second-order valence-corrected chi connectivity index (χ2v) is 3.84. The molecule has 0 aromatic rings. The fraction of sp³-hybridized carbons (Fsp3) is 0.800. The van der Waals surface area contributed by atoms with E-state index in [-0.39, 0.29) is 5.41 Å². The summed E-state index contributed by atoms with van der Waals surface area (Å²) in [5, 5.41) is 0. The fourth-order valence-electron chi connectivity index (χ4n) is 1.71. The van der Waals surface area contributed by atoms with Crippen LogP contribution in [0.5, 0.6) is 0 Å². The van der Waals surface area contributed by atoms with Crippen LogP contribution in [0.3, 0.4) is 0 Å². The van der Waals surface area contributed by atoms with E-state index in [1.165, 1.54) is 5.57 Å². The lowest BCUT2D eigenvalue weighted by molar-refractivity contribution is -0.0373. The maximum absolute atomic E-state index is 5.65. The summed E-state index contributed by atoms with van der Waals surface area (Å²) in [6.45, 7) is 11.6. The Hall–Kier alpha value is -0.300. The Balaban J connectivity index is 2.72. The molecule has 1 aliphatic heterocycles. The van der Waals surface area contributed by atoms with Gasteiger partial charge in [-0.15, -0.1) is 0 Å². The zero-order chi connectivity index (χ0) is 8.48. The highest BCUT2D eigenvalue weighted by Crippen LogP contribution is 2.38. The summed E-state index contributed by atoms with van der Waals surface area (Å²) < 4.78 is 5.65. The first-order chi connectivity index (χ1) is 5.09. The first-order valence-electron chi connectivity index (χ1n) is 4.39. The number of hydrogen-bond acceptors (Lipinski definition) is 1. The van der Waals surface area contributed by atoms with E-state index in [9.17, 15) is 0 Å². The SMILES string of the molecule is C=C1CCOC(CC)C1(C)C. The molecular weight excluding hydrogens is 136 g/mol. The van der Waals surface area contributed by atoms with Gasteiger partial charge in [-0.25, -0.2) is 0 Å². The Morgan fingerprint density at radius 2 is 2.27 bits per heavy atom. The first kappa shape index (κ1) is 8.79. The number of rotatable bonds is 1. The van der Waals surface area contributed by atoms with Gasteiger partial charge in [0.1, 0.15) is 0 Å². The van der Waals surface area contributed by atoms with E-state index in [1.807, 2.05) is 0 Å². The van der Waals surface area contributed by atoms with Crippen molar-refractivity contribution in [3.8, 4) is 0 Å². The van der Waals surface area contributed by atoms with Crippen molar-refractivity contribution in [2.75, 3.05) is 6.61 Å². The highest BCUT2D eigenvalue weighted by molar-refractivity contribution is 5.12.